The highest BCUT2D eigenvalue weighted by molar-refractivity contribution is 7.93. The van der Waals surface area contributed by atoms with Crippen molar-refractivity contribution in [2.45, 2.75) is 15.8 Å². The summed E-state index contributed by atoms with van der Waals surface area (Å²) in [6.45, 7) is -0.307. The van der Waals surface area contributed by atoms with E-state index in [9.17, 15) is 21.6 Å². The SMILES string of the molecule is NS(=O)(=O)c1nnc(NS(=O)(=O)c2ccc(C(=O)Oc3ccccc3CON(O)O)cc2)s1. The lowest BCUT2D eigenvalue weighted by molar-refractivity contribution is -0.497. The summed E-state index contributed by atoms with van der Waals surface area (Å²) in [5.41, 5.74) is 0.348. The molecule has 14 nitrogen and oxygen atoms in total. The molecule has 0 saturated heterocycles. The third kappa shape index (κ3) is 6.49. The minimum Gasteiger partial charge on any atom is -0.423 e. The smallest absolute Gasteiger partial charge is 0.343 e. The van der Waals surface area contributed by atoms with Crippen LogP contribution in [0.5, 0.6) is 5.75 Å². The fourth-order valence-electron chi connectivity index (χ4n) is 2.32. The number of hydrogen-bond acceptors (Lipinski definition) is 13. The number of nitrogens with two attached hydrogens (primary N) is 1. The number of primary sulfonamides is 1. The first kappa shape index (κ1) is 24.6. The molecule has 0 aliphatic rings. The Morgan fingerprint density at radius 2 is 1.73 bits per heavy atom. The number of para-hydroxylation sites is 1. The molecular weight excluding hydrogens is 502 g/mol. The molecule has 17 heteroatoms. The molecule has 176 valence electrons. The van der Waals surface area contributed by atoms with Crippen molar-refractivity contribution in [3.8, 4) is 5.75 Å². The first-order valence-corrected chi connectivity index (χ1v) is 12.4. The molecule has 0 atom stereocenters. The standard InChI is InChI=1S/C16H15N5O9S3/c17-32(25,26)16-19-18-15(31-16)20-33(27,28)12-7-5-10(6-8-12)14(22)30-13-4-2-1-3-11(13)9-29-21(23)24/h1-8,23-24H,9H2,(H,18,20)(H2,17,25,26). The molecule has 0 unspecified atom stereocenters. The van der Waals surface area contributed by atoms with E-state index in [0.717, 1.165) is 12.1 Å². The number of benzene rings is 2. The van der Waals surface area contributed by atoms with Crippen molar-refractivity contribution in [3.05, 3.63) is 59.7 Å². The van der Waals surface area contributed by atoms with E-state index in [1.54, 1.807) is 12.1 Å². The predicted molar refractivity (Wildman–Crippen MR) is 110 cm³/mol. The fourth-order valence-corrected chi connectivity index (χ4v) is 4.88. The topological polar surface area (TPSA) is 211 Å². The highest BCUT2D eigenvalue weighted by Gasteiger charge is 2.21. The van der Waals surface area contributed by atoms with Crippen molar-refractivity contribution >= 4 is 42.5 Å². The van der Waals surface area contributed by atoms with Crippen LogP contribution in [0.1, 0.15) is 15.9 Å². The molecule has 0 radical (unpaired) electrons. The van der Waals surface area contributed by atoms with Gasteiger partial charge in [-0.05, 0) is 30.3 Å². The third-order valence-electron chi connectivity index (χ3n) is 3.78. The van der Waals surface area contributed by atoms with Crippen LogP contribution in [0.2, 0.25) is 0 Å². The minimum atomic E-state index is -4.17. The van der Waals surface area contributed by atoms with Crippen LogP contribution in [0.4, 0.5) is 5.13 Å². The van der Waals surface area contributed by atoms with Crippen molar-refractivity contribution in [1.29, 1.82) is 0 Å². The average Bonchev–Trinajstić information content (AvgIpc) is 3.21. The van der Waals surface area contributed by atoms with E-state index >= 15 is 0 Å². The molecule has 33 heavy (non-hydrogen) atoms. The number of carbonyl (C=O) groups is 1. The van der Waals surface area contributed by atoms with Gasteiger partial charge in [0.25, 0.3) is 20.0 Å². The molecule has 3 rings (SSSR count). The number of anilines is 1. The molecule has 0 fully saturated rings. The summed E-state index contributed by atoms with van der Waals surface area (Å²) in [5, 5.41) is 28.1. The lowest BCUT2D eigenvalue weighted by Crippen LogP contribution is -2.16. The van der Waals surface area contributed by atoms with E-state index in [2.05, 4.69) is 19.8 Å². The van der Waals surface area contributed by atoms with Gasteiger partial charge in [-0.2, -0.15) is 0 Å². The van der Waals surface area contributed by atoms with Crippen LogP contribution in [0.3, 0.4) is 0 Å². The number of carbonyl (C=O) groups excluding carboxylic acids is 1. The third-order valence-corrected chi connectivity index (χ3v) is 7.42. The van der Waals surface area contributed by atoms with Crippen LogP contribution in [0.15, 0.2) is 57.8 Å². The van der Waals surface area contributed by atoms with E-state index in [4.69, 9.17) is 20.3 Å². The van der Waals surface area contributed by atoms with Crippen molar-refractivity contribution in [3.63, 3.8) is 0 Å². The summed E-state index contributed by atoms with van der Waals surface area (Å²) in [5.74, 6) is -0.726. The van der Waals surface area contributed by atoms with Gasteiger partial charge in [0, 0.05) is 5.56 Å². The first-order valence-electron chi connectivity index (χ1n) is 8.56. The van der Waals surface area contributed by atoms with Crippen molar-refractivity contribution in [2.24, 2.45) is 5.14 Å². The number of rotatable bonds is 9. The number of hydrogen-bond donors (Lipinski definition) is 4. The van der Waals surface area contributed by atoms with Gasteiger partial charge < -0.3 is 4.74 Å². The monoisotopic (exact) mass is 517 g/mol. The molecule has 0 aliphatic carbocycles. The molecule has 2 aromatic carbocycles. The second-order valence-corrected chi connectivity index (χ2v) is 10.5. The molecule has 0 spiro atoms. The van der Waals surface area contributed by atoms with E-state index in [1.807, 2.05) is 0 Å². The summed E-state index contributed by atoms with van der Waals surface area (Å²) in [6, 6.07) is 10.8. The largest absolute Gasteiger partial charge is 0.423 e. The summed E-state index contributed by atoms with van der Waals surface area (Å²) >= 11 is 0.434. The van der Waals surface area contributed by atoms with Crippen LogP contribution in [0, 0.1) is 0 Å². The van der Waals surface area contributed by atoms with Gasteiger partial charge in [0.05, 0.1) is 15.8 Å². The Kier molecular flexibility index (Phi) is 7.34. The maximum Gasteiger partial charge on any atom is 0.343 e. The zero-order valence-corrected chi connectivity index (χ0v) is 18.7. The molecule has 0 saturated carbocycles. The zero-order chi connectivity index (χ0) is 24.2. The van der Waals surface area contributed by atoms with Gasteiger partial charge in [-0.15, -0.1) is 10.2 Å². The summed E-state index contributed by atoms with van der Waals surface area (Å²) in [7, 11) is -8.30. The molecule has 0 amide bonds. The normalized spacial score (nSPS) is 12.0. The highest BCUT2D eigenvalue weighted by Crippen LogP contribution is 2.23. The Hall–Kier alpha value is -3.03. The van der Waals surface area contributed by atoms with Crippen LogP contribution in [-0.2, 0) is 31.5 Å². The minimum absolute atomic E-state index is 0.0167. The lowest BCUT2D eigenvalue weighted by atomic mass is 10.2. The summed E-state index contributed by atoms with van der Waals surface area (Å²) in [6.07, 6.45) is 0. The Labute approximate surface area is 190 Å². The number of aromatic nitrogens is 2. The number of sulfonamides is 2. The van der Waals surface area contributed by atoms with E-state index < -0.39 is 35.7 Å². The van der Waals surface area contributed by atoms with E-state index in [0.29, 0.717) is 16.9 Å². The Balaban J connectivity index is 1.72. The lowest BCUT2D eigenvalue weighted by Gasteiger charge is -2.11. The van der Waals surface area contributed by atoms with Crippen molar-refractivity contribution in [1.82, 2.24) is 15.6 Å². The zero-order valence-electron chi connectivity index (χ0n) is 16.2. The summed E-state index contributed by atoms with van der Waals surface area (Å²) < 4.78 is 54.2. The molecule has 5 N–H and O–H groups in total. The molecule has 0 bridgehead atoms. The van der Waals surface area contributed by atoms with Crippen LogP contribution in [0.25, 0.3) is 0 Å². The molecule has 1 heterocycles. The average molecular weight is 518 g/mol. The highest BCUT2D eigenvalue weighted by atomic mass is 32.2. The van der Waals surface area contributed by atoms with Crippen molar-refractivity contribution in [2.75, 3.05) is 4.72 Å². The molecule has 1 aromatic heterocycles. The Morgan fingerprint density at radius 1 is 1.06 bits per heavy atom. The number of ether oxygens (including phenoxy) is 1. The second kappa shape index (κ2) is 9.85. The van der Waals surface area contributed by atoms with Gasteiger partial charge >= 0.3 is 5.97 Å². The Morgan fingerprint density at radius 3 is 2.33 bits per heavy atom. The van der Waals surface area contributed by atoms with Gasteiger partial charge in [0.15, 0.2) is 0 Å². The maximum atomic E-state index is 12.5. The fraction of sp³-hybridized carbons (Fsp3) is 0.0625. The van der Waals surface area contributed by atoms with Gasteiger partial charge in [-0.1, -0.05) is 29.5 Å². The quantitative estimate of drug-likeness (QED) is 0.176. The van der Waals surface area contributed by atoms with Crippen LogP contribution in [-0.4, -0.2) is 48.8 Å². The number of nitrogens with zero attached hydrogens (tertiary/aromatic N) is 3. The number of esters is 1. The van der Waals surface area contributed by atoms with Gasteiger partial charge in [0.1, 0.15) is 12.4 Å². The number of nitrogens with one attached hydrogen (secondary N) is 1. The van der Waals surface area contributed by atoms with Gasteiger partial charge in [-0.3, -0.25) is 15.1 Å². The Bertz CT molecular complexity index is 1360. The van der Waals surface area contributed by atoms with E-state index in [1.165, 1.54) is 24.3 Å². The van der Waals surface area contributed by atoms with Gasteiger partial charge in [-0.25, -0.2) is 31.6 Å². The van der Waals surface area contributed by atoms with Gasteiger partial charge in [0.2, 0.25) is 9.47 Å². The maximum absolute atomic E-state index is 12.5. The van der Waals surface area contributed by atoms with Crippen LogP contribution < -0.4 is 14.6 Å². The molecule has 3 aromatic rings. The first-order chi connectivity index (χ1) is 15.5. The van der Waals surface area contributed by atoms with Crippen molar-refractivity contribution < 1.29 is 41.6 Å². The second-order valence-electron chi connectivity index (χ2n) is 6.07. The molecule has 0 aliphatic heterocycles. The van der Waals surface area contributed by atoms with Crippen LogP contribution >= 0.6 is 11.3 Å². The molecular formula is C16H15N5O9S3. The summed E-state index contributed by atoms with van der Waals surface area (Å²) in [4.78, 5) is 16.7. The predicted octanol–water partition coefficient (Wildman–Crippen LogP) is 0.717. The van der Waals surface area contributed by atoms with E-state index in [-0.39, 0.29) is 27.9 Å².